The Morgan fingerprint density at radius 1 is 1.26 bits per heavy atom. The number of fused-ring (bicyclic) bond motifs is 1. The SMILES string of the molecule is Cc1ccc(S(=O)CC2Cc3ccccc32)c(N)c1. The van der Waals surface area contributed by atoms with E-state index in [-0.39, 0.29) is 0 Å². The summed E-state index contributed by atoms with van der Waals surface area (Å²) < 4.78 is 12.4. The van der Waals surface area contributed by atoms with Gasteiger partial charge in [-0.2, -0.15) is 0 Å². The number of rotatable bonds is 3. The number of nitrogen functional groups attached to an aromatic ring is 1. The van der Waals surface area contributed by atoms with Crippen LogP contribution >= 0.6 is 0 Å². The van der Waals surface area contributed by atoms with Gasteiger partial charge >= 0.3 is 0 Å². The van der Waals surface area contributed by atoms with Crippen LogP contribution in [-0.4, -0.2) is 9.96 Å². The molecule has 0 amide bonds. The Morgan fingerprint density at radius 3 is 2.79 bits per heavy atom. The lowest BCUT2D eigenvalue weighted by atomic mass is 9.79. The first kappa shape index (κ1) is 12.4. The van der Waals surface area contributed by atoms with E-state index in [4.69, 9.17) is 5.73 Å². The number of benzene rings is 2. The molecule has 0 saturated carbocycles. The summed E-state index contributed by atoms with van der Waals surface area (Å²) in [5.41, 5.74) is 10.4. The minimum atomic E-state index is -1.01. The minimum absolute atomic E-state index is 0.415. The monoisotopic (exact) mass is 271 g/mol. The van der Waals surface area contributed by atoms with E-state index in [1.54, 1.807) is 0 Å². The molecule has 2 unspecified atom stereocenters. The highest BCUT2D eigenvalue weighted by Crippen LogP contribution is 2.36. The molecule has 0 bridgehead atoms. The summed E-state index contributed by atoms with van der Waals surface area (Å²) in [5, 5.41) is 0. The maximum absolute atomic E-state index is 12.4. The summed E-state index contributed by atoms with van der Waals surface area (Å²) in [7, 11) is -1.01. The van der Waals surface area contributed by atoms with Gasteiger partial charge in [-0.1, -0.05) is 30.3 Å². The van der Waals surface area contributed by atoms with Crippen LogP contribution < -0.4 is 5.73 Å². The molecule has 1 aliphatic carbocycles. The van der Waals surface area contributed by atoms with Crippen LogP contribution in [0.4, 0.5) is 5.69 Å². The highest BCUT2D eigenvalue weighted by atomic mass is 32.2. The third-order valence-corrected chi connectivity index (χ3v) is 5.29. The van der Waals surface area contributed by atoms with Crippen LogP contribution in [0.25, 0.3) is 0 Å². The molecule has 0 spiro atoms. The smallest absolute Gasteiger partial charge is 0.0617 e. The van der Waals surface area contributed by atoms with E-state index >= 15 is 0 Å². The summed E-state index contributed by atoms with van der Waals surface area (Å²) in [4.78, 5) is 0.773. The Hall–Kier alpha value is -1.61. The number of hydrogen-bond donors (Lipinski definition) is 1. The average molecular weight is 271 g/mol. The summed E-state index contributed by atoms with van der Waals surface area (Å²) >= 11 is 0. The normalized spacial score (nSPS) is 18.5. The molecule has 0 aliphatic heterocycles. The van der Waals surface area contributed by atoms with Crippen molar-refractivity contribution in [2.24, 2.45) is 0 Å². The second-order valence-corrected chi connectivity index (χ2v) is 6.62. The highest BCUT2D eigenvalue weighted by Gasteiger charge is 2.27. The molecule has 2 aromatic carbocycles. The first-order chi connectivity index (χ1) is 9.15. The molecule has 0 saturated heterocycles. The first-order valence-electron chi connectivity index (χ1n) is 6.47. The quantitative estimate of drug-likeness (QED) is 0.872. The Labute approximate surface area is 116 Å². The maximum atomic E-state index is 12.4. The molecule has 2 atom stereocenters. The Balaban J connectivity index is 1.77. The minimum Gasteiger partial charge on any atom is -0.398 e. The molecule has 3 rings (SSSR count). The second-order valence-electron chi connectivity index (χ2n) is 5.15. The summed E-state index contributed by atoms with van der Waals surface area (Å²) in [6.07, 6.45) is 1.04. The van der Waals surface area contributed by atoms with E-state index in [9.17, 15) is 4.21 Å². The number of hydrogen-bond acceptors (Lipinski definition) is 2. The molecule has 0 radical (unpaired) electrons. The van der Waals surface area contributed by atoms with Crippen molar-refractivity contribution in [2.75, 3.05) is 11.5 Å². The molecule has 0 fully saturated rings. The van der Waals surface area contributed by atoms with Crippen LogP contribution in [-0.2, 0) is 17.2 Å². The van der Waals surface area contributed by atoms with Gasteiger partial charge in [-0.15, -0.1) is 0 Å². The van der Waals surface area contributed by atoms with Crippen LogP contribution in [0.3, 0.4) is 0 Å². The van der Waals surface area contributed by atoms with Crippen LogP contribution in [0.1, 0.15) is 22.6 Å². The molecule has 2 N–H and O–H groups in total. The van der Waals surface area contributed by atoms with Crippen molar-refractivity contribution in [1.29, 1.82) is 0 Å². The van der Waals surface area contributed by atoms with Crippen LogP contribution in [0.2, 0.25) is 0 Å². The lowest BCUT2D eigenvalue weighted by molar-refractivity contribution is 0.645. The van der Waals surface area contributed by atoms with Gasteiger partial charge in [0.2, 0.25) is 0 Å². The largest absolute Gasteiger partial charge is 0.398 e. The molecular weight excluding hydrogens is 254 g/mol. The average Bonchev–Trinajstić information content (AvgIpc) is 2.35. The molecular formula is C16H17NOS. The Morgan fingerprint density at radius 2 is 2.05 bits per heavy atom. The molecule has 2 nitrogen and oxygen atoms in total. The van der Waals surface area contributed by atoms with E-state index in [2.05, 4.69) is 18.2 Å². The van der Waals surface area contributed by atoms with Gasteiger partial charge in [0.1, 0.15) is 0 Å². The van der Waals surface area contributed by atoms with E-state index < -0.39 is 10.8 Å². The standard InChI is InChI=1S/C16H17NOS/c1-11-6-7-16(15(17)8-11)19(18)10-13-9-12-4-2-3-5-14(12)13/h2-8,13H,9-10,17H2,1H3. The van der Waals surface area contributed by atoms with Gasteiger partial charge in [-0.05, 0) is 42.2 Å². The van der Waals surface area contributed by atoms with Crippen LogP contribution in [0.15, 0.2) is 47.4 Å². The third kappa shape index (κ3) is 2.30. The molecule has 98 valence electrons. The third-order valence-electron chi connectivity index (χ3n) is 3.72. The van der Waals surface area contributed by atoms with Crippen molar-refractivity contribution in [3.8, 4) is 0 Å². The second kappa shape index (κ2) is 4.82. The molecule has 1 aliphatic rings. The van der Waals surface area contributed by atoms with Gasteiger partial charge in [0.25, 0.3) is 0 Å². The van der Waals surface area contributed by atoms with Gasteiger partial charge in [0, 0.05) is 17.4 Å². The predicted octanol–water partition coefficient (Wildman–Crippen LogP) is 3.02. The van der Waals surface area contributed by atoms with Crippen molar-refractivity contribution < 1.29 is 4.21 Å². The highest BCUT2D eigenvalue weighted by molar-refractivity contribution is 7.85. The van der Waals surface area contributed by atoms with Gasteiger partial charge in [-0.25, -0.2) is 0 Å². The zero-order valence-corrected chi connectivity index (χ0v) is 11.7. The van der Waals surface area contributed by atoms with Gasteiger partial charge in [0.15, 0.2) is 0 Å². The van der Waals surface area contributed by atoms with Crippen molar-refractivity contribution in [1.82, 2.24) is 0 Å². The van der Waals surface area contributed by atoms with Gasteiger partial charge in [-0.3, -0.25) is 4.21 Å². The molecule has 0 aromatic heterocycles. The number of anilines is 1. The van der Waals surface area contributed by atoms with E-state index in [1.807, 2.05) is 31.2 Å². The first-order valence-corrected chi connectivity index (χ1v) is 7.79. The fourth-order valence-electron chi connectivity index (χ4n) is 2.66. The zero-order valence-electron chi connectivity index (χ0n) is 10.9. The van der Waals surface area contributed by atoms with E-state index in [1.165, 1.54) is 11.1 Å². The van der Waals surface area contributed by atoms with Crippen molar-refractivity contribution in [3.63, 3.8) is 0 Å². The lowest BCUT2D eigenvalue weighted by Crippen LogP contribution is -2.22. The van der Waals surface area contributed by atoms with Gasteiger partial charge < -0.3 is 5.73 Å². The summed E-state index contributed by atoms with van der Waals surface area (Å²) in [6, 6.07) is 14.2. The molecule has 19 heavy (non-hydrogen) atoms. The Kier molecular flexibility index (Phi) is 3.15. The van der Waals surface area contributed by atoms with E-state index in [0.29, 0.717) is 17.4 Å². The predicted molar refractivity (Wildman–Crippen MR) is 79.8 cm³/mol. The lowest BCUT2D eigenvalue weighted by Gasteiger charge is -2.29. The van der Waals surface area contributed by atoms with Crippen LogP contribution in [0.5, 0.6) is 0 Å². The van der Waals surface area contributed by atoms with Crippen molar-refractivity contribution in [2.45, 2.75) is 24.2 Å². The summed E-state index contributed by atoms with van der Waals surface area (Å²) in [6.45, 7) is 1.99. The van der Waals surface area contributed by atoms with Crippen LogP contribution in [0, 0.1) is 6.92 Å². The Bertz CT molecular complexity index is 651. The molecule has 0 heterocycles. The van der Waals surface area contributed by atoms with Crippen molar-refractivity contribution >= 4 is 16.5 Å². The van der Waals surface area contributed by atoms with Crippen molar-refractivity contribution in [3.05, 3.63) is 59.2 Å². The maximum Gasteiger partial charge on any atom is 0.0617 e. The van der Waals surface area contributed by atoms with E-state index in [0.717, 1.165) is 16.9 Å². The number of nitrogens with two attached hydrogens (primary N) is 1. The van der Waals surface area contributed by atoms with Gasteiger partial charge in [0.05, 0.1) is 15.7 Å². The summed E-state index contributed by atoms with van der Waals surface area (Å²) in [5.74, 6) is 1.09. The fourth-order valence-corrected chi connectivity index (χ4v) is 4.04. The number of aryl methyl sites for hydroxylation is 1. The molecule has 2 aromatic rings. The zero-order chi connectivity index (χ0) is 13.4. The topological polar surface area (TPSA) is 43.1 Å². The fraction of sp³-hybridized carbons (Fsp3) is 0.250. The molecule has 3 heteroatoms.